The number of rotatable bonds is 4. The summed E-state index contributed by atoms with van der Waals surface area (Å²) < 4.78 is 53.1. The highest BCUT2D eigenvalue weighted by atomic mass is 19.4. The van der Waals surface area contributed by atoms with Crippen LogP contribution in [0.4, 0.5) is 19.0 Å². The summed E-state index contributed by atoms with van der Waals surface area (Å²) in [6.45, 7) is 0.261. The van der Waals surface area contributed by atoms with Gasteiger partial charge in [0.2, 0.25) is 6.79 Å². The first-order valence-electron chi connectivity index (χ1n) is 9.88. The molecular formula is C21H18F3N5O3. The van der Waals surface area contributed by atoms with Crippen molar-refractivity contribution in [3.63, 3.8) is 0 Å². The lowest BCUT2D eigenvalue weighted by molar-refractivity contribution is -0.173. The molecule has 2 atom stereocenters. The molecular weight excluding hydrogens is 427 g/mol. The van der Waals surface area contributed by atoms with Crippen LogP contribution in [0, 0.1) is 0 Å². The average molecular weight is 445 g/mol. The van der Waals surface area contributed by atoms with Crippen molar-refractivity contribution in [3.8, 4) is 11.5 Å². The van der Waals surface area contributed by atoms with Crippen molar-refractivity contribution in [2.24, 2.45) is 0 Å². The van der Waals surface area contributed by atoms with Crippen LogP contribution < -0.4 is 20.1 Å². The minimum atomic E-state index is -4.54. The van der Waals surface area contributed by atoms with E-state index in [0.717, 1.165) is 10.2 Å². The Morgan fingerprint density at radius 1 is 1.22 bits per heavy atom. The van der Waals surface area contributed by atoms with Crippen LogP contribution in [0.25, 0.3) is 0 Å². The van der Waals surface area contributed by atoms with Crippen LogP contribution in [0.5, 0.6) is 11.5 Å². The van der Waals surface area contributed by atoms with Gasteiger partial charge in [0, 0.05) is 31.4 Å². The highest BCUT2D eigenvalue weighted by molar-refractivity contribution is 5.93. The number of fused-ring (bicyclic) bond motifs is 2. The molecule has 1 amide bonds. The number of amides is 1. The molecule has 1 aromatic carbocycles. The third kappa shape index (κ3) is 3.81. The number of carbonyl (C=O) groups excluding carboxylic acids is 1. The van der Waals surface area contributed by atoms with Gasteiger partial charge < -0.3 is 20.1 Å². The van der Waals surface area contributed by atoms with Gasteiger partial charge in [-0.25, -0.2) is 4.68 Å². The SMILES string of the molecule is O=C(NCc1cccnc1)c1cc2n(n1)C(C(F)(F)F)CC(c1ccc3c(c1)OCO3)N2. The molecule has 0 radical (unpaired) electrons. The molecule has 166 valence electrons. The number of nitrogens with zero attached hydrogens (tertiary/aromatic N) is 3. The van der Waals surface area contributed by atoms with Crippen molar-refractivity contribution in [2.75, 3.05) is 12.1 Å². The molecule has 2 unspecified atom stereocenters. The molecule has 2 aliphatic heterocycles. The van der Waals surface area contributed by atoms with Gasteiger partial charge >= 0.3 is 6.18 Å². The molecule has 0 saturated heterocycles. The molecule has 5 rings (SSSR count). The molecule has 0 bridgehead atoms. The molecule has 32 heavy (non-hydrogen) atoms. The highest BCUT2D eigenvalue weighted by Gasteiger charge is 2.47. The molecule has 8 nitrogen and oxygen atoms in total. The van der Waals surface area contributed by atoms with Crippen LogP contribution in [0.15, 0.2) is 48.8 Å². The van der Waals surface area contributed by atoms with Crippen molar-refractivity contribution in [3.05, 3.63) is 65.6 Å². The predicted octanol–water partition coefficient (Wildman–Crippen LogP) is 3.60. The number of carbonyl (C=O) groups is 1. The van der Waals surface area contributed by atoms with Crippen LogP contribution >= 0.6 is 0 Å². The Labute approximate surface area is 180 Å². The van der Waals surface area contributed by atoms with E-state index in [9.17, 15) is 18.0 Å². The van der Waals surface area contributed by atoms with E-state index >= 15 is 0 Å². The zero-order chi connectivity index (χ0) is 22.3. The Bertz CT molecular complexity index is 1150. The topological polar surface area (TPSA) is 90.3 Å². The fraction of sp³-hybridized carbons (Fsp3) is 0.286. The number of hydrogen-bond donors (Lipinski definition) is 2. The lowest BCUT2D eigenvalue weighted by Gasteiger charge is -2.33. The minimum absolute atomic E-state index is 0.0757. The maximum atomic E-state index is 13.9. The highest BCUT2D eigenvalue weighted by Crippen LogP contribution is 2.45. The first-order valence-corrected chi connectivity index (χ1v) is 9.88. The van der Waals surface area contributed by atoms with Gasteiger partial charge in [0.05, 0.1) is 6.04 Å². The third-order valence-corrected chi connectivity index (χ3v) is 5.40. The Kier molecular flexibility index (Phi) is 4.87. The van der Waals surface area contributed by atoms with Crippen LogP contribution in [0.2, 0.25) is 0 Å². The molecule has 0 spiro atoms. The zero-order valence-corrected chi connectivity index (χ0v) is 16.6. The molecule has 2 aromatic heterocycles. The molecule has 2 aliphatic rings. The van der Waals surface area contributed by atoms with Gasteiger partial charge in [0.1, 0.15) is 5.82 Å². The van der Waals surface area contributed by atoms with E-state index in [4.69, 9.17) is 9.47 Å². The van der Waals surface area contributed by atoms with Gasteiger partial charge in [0.15, 0.2) is 23.2 Å². The minimum Gasteiger partial charge on any atom is -0.454 e. The predicted molar refractivity (Wildman–Crippen MR) is 106 cm³/mol. The van der Waals surface area contributed by atoms with Gasteiger partial charge in [0.25, 0.3) is 5.91 Å². The van der Waals surface area contributed by atoms with Crippen LogP contribution in [-0.4, -0.2) is 33.6 Å². The Hall–Kier alpha value is -3.76. The number of nitrogens with one attached hydrogen (secondary N) is 2. The summed E-state index contributed by atoms with van der Waals surface area (Å²) in [4.78, 5) is 16.5. The summed E-state index contributed by atoms with van der Waals surface area (Å²) in [6.07, 6.45) is -1.63. The second kappa shape index (κ2) is 7.74. The van der Waals surface area contributed by atoms with E-state index in [1.165, 1.54) is 6.07 Å². The number of anilines is 1. The normalized spacial score (nSPS) is 19.2. The van der Waals surface area contributed by atoms with Crippen LogP contribution in [0.1, 0.15) is 40.1 Å². The summed E-state index contributed by atoms with van der Waals surface area (Å²) in [6, 6.07) is 7.35. The number of pyridine rings is 1. The number of alkyl halides is 3. The summed E-state index contributed by atoms with van der Waals surface area (Å²) >= 11 is 0. The molecule has 0 saturated carbocycles. The number of halogens is 3. The second-order valence-electron chi connectivity index (χ2n) is 7.51. The standard InChI is InChI=1S/C21H18F3N5O3/c22-21(23,24)18-7-14(13-3-4-16-17(6-13)32-11-31-16)27-19-8-15(28-29(18)19)20(30)26-10-12-2-1-5-25-9-12/h1-6,8-9,14,18,27H,7,10-11H2,(H,26,30). The third-order valence-electron chi connectivity index (χ3n) is 5.40. The first-order chi connectivity index (χ1) is 15.4. The quantitative estimate of drug-likeness (QED) is 0.638. The van der Waals surface area contributed by atoms with Crippen molar-refractivity contribution < 1.29 is 27.4 Å². The lowest BCUT2D eigenvalue weighted by atomic mass is 9.96. The van der Waals surface area contributed by atoms with Gasteiger partial charge in [-0.05, 0) is 29.3 Å². The van der Waals surface area contributed by atoms with E-state index in [-0.39, 0.29) is 31.3 Å². The molecule has 2 N–H and O–H groups in total. The molecule has 3 aromatic rings. The monoisotopic (exact) mass is 445 g/mol. The largest absolute Gasteiger partial charge is 0.454 e. The van der Waals surface area contributed by atoms with Gasteiger partial charge in [-0.3, -0.25) is 9.78 Å². The fourth-order valence-electron chi connectivity index (χ4n) is 3.81. The van der Waals surface area contributed by atoms with E-state index in [2.05, 4.69) is 20.7 Å². The van der Waals surface area contributed by atoms with Crippen molar-refractivity contribution in [2.45, 2.75) is 31.2 Å². The number of ether oxygens (including phenoxy) is 2. The van der Waals surface area contributed by atoms with Crippen molar-refractivity contribution in [1.82, 2.24) is 20.1 Å². The summed E-state index contributed by atoms with van der Waals surface area (Å²) in [7, 11) is 0. The Morgan fingerprint density at radius 2 is 2.06 bits per heavy atom. The van der Waals surface area contributed by atoms with E-state index in [1.54, 1.807) is 42.7 Å². The summed E-state index contributed by atoms with van der Waals surface area (Å²) in [5, 5.41) is 9.68. The van der Waals surface area contributed by atoms with E-state index < -0.39 is 24.2 Å². The number of aromatic nitrogens is 3. The van der Waals surface area contributed by atoms with Crippen molar-refractivity contribution in [1.29, 1.82) is 0 Å². The first kappa shape index (κ1) is 20.2. The fourth-order valence-corrected chi connectivity index (χ4v) is 3.81. The molecule has 4 heterocycles. The molecule has 0 aliphatic carbocycles. The van der Waals surface area contributed by atoms with E-state index in [0.29, 0.717) is 17.1 Å². The summed E-state index contributed by atoms with van der Waals surface area (Å²) in [5.41, 5.74) is 1.29. The summed E-state index contributed by atoms with van der Waals surface area (Å²) in [5.74, 6) is 0.586. The second-order valence-corrected chi connectivity index (χ2v) is 7.51. The lowest BCUT2D eigenvalue weighted by Crippen LogP contribution is -2.35. The smallest absolute Gasteiger partial charge is 0.410 e. The van der Waals surface area contributed by atoms with Gasteiger partial charge in [-0.15, -0.1) is 0 Å². The maximum absolute atomic E-state index is 13.9. The maximum Gasteiger partial charge on any atom is 0.410 e. The average Bonchev–Trinajstić information content (AvgIpc) is 3.43. The van der Waals surface area contributed by atoms with Crippen molar-refractivity contribution >= 4 is 11.7 Å². The Balaban J connectivity index is 1.40. The van der Waals surface area contributed by atoms with E-state index in [1.807, 2.05) is 0 Å². The number of hydrogen-bond acceptors (Lipinski definition) is 6. The van der Waals surface area contributed by atoms with Gasteiger partial charge in [-0.1, -0.05) is 12.1 Å². The Morgan fingerprint density at radius 3 is 2.84 bits per heavy atom. The van der Waals surface area contributed by atoms with Crippen LogP contribution in [-0.2, 0) is 6.54 Å². The van der Waals surface area contributed by atoms with Gasteiger partial charge in [-0.2, -0.15) is 18.3 Å². The zero-order valence-electron chi connectivity index (χ0n) is 16.6. The van der Waals surface area contributed by atoms with Crippen LogP contribution in [0.3, 0.4) is 0 Å². The molecule has 0 fully saturated rings. The molecule has 11 heteroatoms. The number of benzene rings is 1.